The van der Waals surface area contributed by atoms with Gasteiger partial charge in [-0.15, -0.1) is 0 Å². The van der Waals surface area contributed by atoms with E-state index in [2.05, 4.69) is 19.9 Å². The molecule has 2 heterocycles. The number of aromatic nitrogens is 4. The fourth-order valence-electron chi connectivity index (χ4n) is 1.46. The summed E-state index contributed by atoms with van der Waals surface area (Å²) in [7, 11) is 3.68. The smallest absolute Gasteiger partial charge is 0.229 e. The minimum atomic E-state index is 0.149. The molecule has 2 aromatic heterocycles. The van der Waals surface area contributed by atoms with Gasteiger partial charge >= 0.3 is 0 Å². The first-order chi connectivity index (χ1) is 9.10. The lowest BCUT2D eigenvalue weighted by Crippen LogP contribution is -2.14. The third-order valence-corrected chi connectivity index (χ3v) is 2.45. The molecule has 0 N–H and O–H groups in total. The highest BCUT2D eigenvalue weighted by atomic mass is 35.5. The monoisotopic (exact) mass is 279 g/mol. The Balaban J connectivity index is 2.43. The molecule has 0 bridgehead atoms. The van der Waals surface area contributed by atoms with Gasteiger partial charge in [0, 0.05) is 25.9 Å². The van der Waals surface area contributed by atoms with Crippen LogP contribution in [0.5, 0.6) is 5.75 Å². The summed E-state index contributed by atoms with van der Waals surface area (Å²) in [5.41, 5.74) is 0.735. The summed E-state index contributed by atoms with van der Waals surface area (Å²) in [6, 6.07) is 1.82. The van der Waals surface area contributed by atoms with E-state index in [9.17, 15) is 0 Å². The topological polar surface area (TPSA) is 64.0 Å². The van der Waals surface area contributed by atoms with Crippen molar-refractivity contribution in [3.05, 3.63) is 23.7 Å². The van der Waals surface area contributed by atoms with Gasteiger partial charge in [0.2, 0.25) is 11.2 Å². The Hall–Kier alpha value is -1.95. The maximum atomic E-state index is 5.90. The summed E-state index contributed by atoms with van der Waals surface area (Å²) < 4.78 is 5.40. The van der Waals surface area contributed by atoms with Crippen molar-refractivity contribution in [3.63, 3.8) is 0 Å². The minimum Gasteiger partial charge on any atom is -0.492 e. The quantitative estimate of drug-likeness (QED) is 0.853. The van der Waals surface area contributed by atoms with E-state index in [4.69, 9.17) is 16.3 Å². The zero-order valence-electron chi connectivity index (χ0n) is 11.0. The summed E-state index contributed by atoms with van der Waals surface area (Å²) in [4.78, 5) is 18.3. The maximum absolute atomic E-state index is 5.90. The molecule has 100 valence electrons. The van der Waals surface area contributed by atoms with Crippen LogP contribution < -0.4 is 9.64 Å². The summed E-state index contributed by atoms with van der Waals surface area (Å²) >= 11 is 5.90. The highest BCUT2D eigenvalue weighted by molar-refractivity contribution is 6.28. The molecule has 6 nitrogen and oxygen atoms in total. The second kappa shape index (κ2) is 5.79. The molecule has 0 saturated carbocycles. The van der Waals surface area contributed by atoms with Gasteiger partial charge in [-0.25, -0.2) is 0 Å². The molecule has 7 heteroatoms. The first-order valence-corrected chi connectivity index (χ1v) is 6.15. The van der Waals surface area contributed by atoms with Crippen molar-refractivity contribution in [2.45, 2.75) is 6.92 Å². The molecule has 0 aliphatic carbocycles. The van der Waals surface area contributed by atoms with Gasteiger partial charge in [-0.3, -0.25) is 4.98 Å². The third-order valence-electron chi connectivity index (χ3n) is 2.28. The second-order valence-electron chi connectivity index (χ2n) is 3.96. The Labute approximate surface area is 116 Å². The van der Waals surface area contributed by atoms with Crippen LogP contribution in [0.2, 0.25) is 5.28 Å². The largest absolute Gasteiger partial charge is 0.492 e. The van der Waals surface area contributed by atoms with Crippen LogP contribution in [-0.2, 0) is 0 Å². The lowest BCUT2D eigenvalue weighted by atomic mass is 10.2. The highest BCUT2D eigenvalue weighted by Crippen LogP contribution is 2.21. The zero-order valence-corrected chi connectivity index (χ0v) is 11.7. The Morgan fingerprint density at radius 2 is 2.00 bits per heavy atom. The molecular formula is C12H14ClN5O. The van der Waals surface area contributed by atoms with Gasteiger partial charge in [-0.2, -0.15) is 15.0 Å². The van der Waals surface area contributed by atoms with Crippen LogP contribution in [0.25, 0.3) is 11.4 Å². The minimum absolute atomic E-state index is 0.149. The Morgan fingerprint density at radius 1 is 1.21 bits per heavy atom. The maximum Gasteiger partial charge on any atom is 0.229 e. The fourth-order valence-corrected chi connectivity index (χ4v) is 1.61. The van der Waals surface area contributed by atoms with Gasteiger partial charge in [-0.05, 0) is 24.6 Å². The normalized spacial score (nSPS) is 10.3. The van der Waals surface area contributed by atoms with Crippen molar-refractivity contribution in [2.75, 3.05) is 25.6 Å². The SMILES string of the molecule is CCOc1cncc(-c2nc(Cl)nc(N(C)C)n2)c1. The molecule has 0 atom stereocenters. The number of pyridine rings is 1. The summed E-state index contributed by atoms with van der Waals surface area (Å²) in [6.07, 6.45) is 3.30. The van der Waals surface area contributed by atoms with Crippen LogP contribution in [0.1, 0.15) is 6.92 Å². The van der Waals surface area contributed by atoms with E-state index in [-0.39, 0.29) is 5.28 Å². The molecule has 0 aromatic carbocycles. The van der Waals surface area contributed by atoms with E-state index in [0.29, 0.717) is 24.1 Å². The highest BCUT2D eigenvalue weighted by Gasteiger charge is 2.10. The van der Waals surface area contributed by atoms with Crippen molar-refractivity contribution in [3.8, 4) is 17.1 Å². The van der Waals surface area contributed by atoms with Gasteiger partial charge in [-0.1, -0.05) is 0 Å². The van der Waals surface area contributed by atoms with Crippen molar-refractivity contribution in [1.29, 1.82) is 0 Å². The van der Waals surface area contributed by atoms with Crippen LogP contribution >= 0.6 is 11.6 Å². The lowest BCUT2D eigenvalue weighted by molar-refractivity contribution is 0.339. The van der Waals surface area contributed by atoms with E-state index in [1.165, 1.54) is 0 Å². The predicted octanol–water partition coefficient (Wildman–Crippen LogP) is 2.05. The number of rotatable bonds is 4. The molecule has 0 unspecified atom stereocenters. The van der Waals surface area contributed by atoms with Crippen molar-refractivity contribution in [1.82, 2.24) is 19.9 Å². The molecule has 0 saturated heterocycles. The standard InChI is InChI=1S/C12H14ClN5O/c1-4-19-9-5-8(6-14-7-9)10-15-11(13)17-12(16-10)18(2)3/h5-7H,4H2,1-3H3. The van der Waals surface area contributed by atoms with Gasteiger partial charge in [0.05, 0.1) is 12.8 Å². The van der Waals surface area contributed by atoms with E-state index in [0.717, 1.165) is 5.56 Å². The molecule has 19 heavy (non-hydrogen) atoms. The molecule has 0 fully saturated rings. The van der Waals surface area contributed by atoms with Gasteiger partial charge in [0.25, 0.3) is 0 Å². The number of hydrogen-bond donors (Lipinski definition) is 0. The predicted molar refractivity (Wildman–Crippen MR) is 73.6 cm³/mol. The molecule has 2 aromatic rings. The molecule has 0 radical (unpaired) electrons. The Bertz CT molecular complexity index is 576. The Kier molecular flexibility index (Phi) is 4.11. The van der Waals surface area contributed by atoms with Crippen molar-refractivity contribution < 1.29 is 4.74 Å². The number of ether oxygens (including phenoxy) is 1. The van der Waals surface area contributed by atoms with Crippen LogP contribution in [-0.4, -0.2) is 40.6 Å². The van der Waals surface area contributed by atoms with Gasteiger partial charge in [0.1, 0.15) is 5.75 Å². The Morgan fingerprint density at radius 3 is 2.68 bits per heavy atom. The number of nitrogens with zero attached hydrogens (tertiary/aromatic N) is 5. The van der Waals surface area contributed by atoms with Crippen LogP contribution in [0.15, 0.2) is 18.5 Å². The average molecular weight is 280 g/mol. The average Bonchev–Trinajstić information content (AvgIpc) is 2.38. The summed E-state index contributed by atoms with van der Waals surface area (Å²) in [6.45, 7) is 2.49. The fraction of sp³-hybridized carbons (Fsp3) is 0.333. The first-order valence-electron chi connectivity index (χ1n) is 5.77. The molecule has 2 rings (SSSR count). The summed E-state index contributed by atoms with van der Waals surface area (Å²) in [5.74, 6) is 1.64. The summed E-state index contributed by atoms with van der Waals surface area (Å²) in [5, 5.41) is 0.149. The van der Waals surface area contributed by atoms with E-state index in [1.807, 2.05) is 27.1 Å². The van der Waals surface area contributed by atoms with Gasteiger partial charge in [0.15, 0.2) is 5.82 Å². The molecule has 0 aliphatic heterocycles. The molecule has 0 spiro atoms. The molecular weight excluding hydrogens is 266 g/mol. The number of halogens is 1. The second-order valence-corrected chi connectivity index (χ2v) is 4.30. The van der Waals surface area contributed by atoms with Crippen LogP contribution in [0.3, 0.4) is 0 Å². The van der Waals surface area contributed by atoms with E-state index >= 15 is 0 Å². The van der Waals surface area contributed by atoms with Gasteiger partial charge < -0.3 is 9.64 Å². The third kappa shape index (κ3) is 3.29. The van der Waals surface area contributed by atoms with Crippen LogP contribution in [0, 0.1) is 0 Å². The zero-order chi connectivity index (χ0) is 13.8. The lowest BCUT2D eigenvalue weighted by Gasteiger charge is -2.11. The molecule has 0 aliphatic rings. The van der Waals surface area contributed by atoms with Crippen molar-refractivity contribution >= 4 is 17.5 Å². The van der Waals surface area contributed by atoms with E-state index < -0.39 is 0 Å². The molecule has 0 amide bonds. The van der Waals surface area contributed by atoms with Crippen LogP contribution in [0.4, 0.5) is 5.95 Å². The number of hydrogen-bond acceptors (Lipinski definition) is 6. The first kappa shape index (κ1) is 13.5. The number of anilines is 1. The van der Waals surface area contributed by atoms with Crippen molar-refractivity contribution in [2.24, 2.45) is 0 Å². The van der Waals surface area contributed by atoms with E-state index in [1.54, 1.807) is 17.3 Å².